The van der Waals surface area contributed by atoms with E-state index in [-0.39, 0.29) is 0 Å². The maximum Gasteiger partial charge on any atom is 0.137 e. The third-order valence-electron chi connectivity index (χ3n) is 4.38. The zero-order valence-electron chi connectivity index (χ0n) is 11.9. The number of nitrogens with one attached hydrogen (secondary N) is 1. The van der Waals surface area contributed by atoms with E-state index in [2.05, 4.69) is 30.2 Å². The van der Waals surface area contributed by atoms with Gasteiger partial charge in [0.25, 0.3) is 0 Å². The molecule has 0 aromatic carbocycles. The van der Waals surface area contributed by atoms with Crippen LogP contribution in [0.25, 0.3) is 0 Å². The Morgan fingerprint density at radius 3 is 2.78 bits per heavy atom. The van der Waals surface area contributed by atoms with E-state index in [0.29, 0.717) is 17.4 Å². The molecule has 0 saturated heterocycles. The summed E-state index contributed by atoms with van der Waals surface area (Å²) in [5.74, 6) is 1.50. The molecule has 3 nitrogen and oxygen atoms in total. The van der Waals surface area contributed by atoms with Crippen LogP contribution in [-0.4, -0.2) is 19.1 Å². The van der Waals surface area contributed by atoms with E-state index in [9.17, 15) is 0 Å². The minimum Gasteiger partial charge on any atom is -0.495 e. The fourth-order valence-electron chi connectivity index (χ4n) is 3.29. The highest BCUT2D eigenvalue weighted by Gasteiger charge is 2.39. The van der Waals surface area contributed by atoms with E-state index in [1.807, 2.05) is 13.2 Å². The van der Waals surface area contributed by atoms with Gasteiger partial charge in [-0.1, -0.05) is 20.3 Å². The number of aromatic nitrogens is 1. The number of hydrogen-bond acceptors (Lipinski definition) is 3. The van der Waals surface area contributed by atoms with Crippen molar-refractivity contribution in [3.63, 3.8) is 0 Å². The average molecular weight is 248 g/mol. The van der Waals surface area contributed by atoms with E-state index in [1.54, 1.807) is 13.3 Å². The standard InChI is InChI=1S/C15H24N2O/c1-15(2)7-5-6-13(15)14(16-3)11-8-12(18-4)10-17-9-11/h8-10,13-14,16H,5-7H2,1-4H3. The summed E-state index contributed by atoms with van der Waals surface area (Å²) >= 11 is 0. The minimum absolute atomic E-state index is 0.366. The Bertz CT molecular complexity index is 403. The number of ether oxygens (including phenoxy) is 1. The molecule has 2 unspecified atom stereocenters. The number of nitrogens with zero attached hydrogens (tertiary/aromatic N) is 1. The van der Waals surface area contributed by atoms with Crippen molar-refractivity contribution in [2.45, 2.75) is 39.2 Å². The van der Waals surface area contributed by atoms with Gasteiger partial charge in [0.05, 0.1) is 13.3 Å². The molecule has 0 bridgehead atoms. The number of rotatable bonds is 4. The molecule has 1 fully saturated rings. The first kappa shape index (κ1) is 13.3. The number of hydrogen-bond donors (Lipinski definition) is 1. The van der Waals surface area contributed by atoms with Crippen molar-refractivity contribution < 1.29 is 4.74 Å². The highest BCUT2D eigenvalue weighted by molar-refractivity contribution is 5.27. The normalized spacial score (nSPS) is 23.9. The van der Waals surface area contributed by atoms with Gasteiger partial charge < -0.3 is 10.1 Å². The number of pyridine rings is 1. The third-order valence-corrected chi connectivity index (χ3v) is 4.38. The van der Waals surface area contributed by atoms with Gasteiger partial charge >= 0.3 is 0 Å². The van der Waals surface area contributed by atoms with Gasteiger partial charge in [-0.25, -0.2) is 0 Å². The van der Waals surface area contributed by atoms with Crippen LogP contribution in [0.1, 0.15) is 44.7 Å². The van der Waals surface area contributed by atoms with Gasteiger partial charge in [0, 0.05) is 12.2 Å². The van der Waals surface area contributed by atoms with Gasteiger partial charge in [0.2, 0.25) is 0 Å². The van der Waals surface area contributed by atoms with E-state index in [0.717, 1.165) is 5.75 Å². The molecule has 0 amide bonds. The second-order valence-corrected chi connectivity index (χ2v) is 5.91. The molecule has 1 heterocycles. The molecule has 0 spiro atoms. The summed E-state index contributed by atoms with van der Waals surface area (Å²) in [6.45, 7) is 4.76. The van der Waals surface area contributed by atoms with Crippen molar-refractivity contribution in [3.05, 3.63) is 24.0 Å². The third kappa shape index (κ3) is 2.51. The molecule has 2 atom stereocenters. The summed E-state index contributed by atoms with van der Waals surface area (Å²) in [4.78, 5) is 4.28. The fraction of sp³-hybridized carbons (Fsp3) is 0.667. The van der Waals surface area contributed by atoms with E-state index < -0.39 is 0 Å². The molecule has 1 aromatic rings. The summed E-state index contributed by atoms with van der Waals surface area (Å²) in [6, 6.07) is 2.47. The van der Waals surface area contributed by atoms with Crippen LogP contribution in [0.5, 0.6) is 5.75 Å². The van der Waals surface area contributed by atoms with Crippen LogP contribution in [0.2, 0.25) is 0 Å². The number of methoxy groups -OCH3 is 1. The first-order valence-corrected chi connectivity index (χ1v) is 6.74. The van der Waals surface area contributed by atoms with Crippen molar-refractivity contribution in [3.8, 4) is 5.75 Å². The largest absolute Gasteiger partial charge is 0.495 e. The highest BCUT2D eigenvalue weighted by Crippen LogP contribution is 2.48. The lowest BCUT2D eigenvalue weighted by molar-refractivity contribution is 0.203. The summed E-state index contributed by atoms with van der Waals surface area (Å²) < 4.78 is 5.27. The van der Waals surface area contributed by atoms with Crippen LogP contribution >= 0.6 is 0 Å². The molecule has 100 valence electrons. The lowest BCUT2D eigenvalue weighted by Crippen LogP contribution is -2.32. The molecule has 1 N–H and O–H groups in total. The molecule has 1 aliphatic carbocycles. The SMILES string of the molecule is CNC(c1cncc(OC)c1)C1CCCC1(C)C. The van der Waals surface area contributed by atoms with Crippen LogP contribution in [0.15, 0.2) is 18.5 Å². The molecule has 1 saturated carbocycles. The molecular formula is C15H24N2O. The van der Waals surface area contributed by atoms with Crippen molar-refractivity contribution in [1.29, 1.82) is 0 Å². The maximum atomic E-state index is 5.27. The second-order valence-electron chi connectivity index (χ2n) is 5.91. The van der Waals surface area contributed by atoms with E-state index >= 15 is 0 Å². The van der Waals surface area contributed by atoms with E-state index in [1.165, 1.54) is 24.8 Å². The lowest BCUT2D eigenvalue weighted by Gasteiger charge is -2.34. The summed E-state index contributed by atoms with van der Waals surface area (Å²) in [5.41, 5.74) is 1.63. The van der Waals surface area contributed by atoms with Crippen molar-refractivity contribution in [1.82, 2.24) is 10.3 Å². The summed E-state index contributed by atoms with van der Waals surface area (Å²) in [7, 11) is 3.73. The Morgan fingerprint density at radius 1 is 1.44 bits per heavy atom. The van der Waals surface area contributed by atoms with Crippen molar-refractivity contribution >= 4 is 0 Å². The fourth-order valence-corrected chi connectivity index (χ4v) is 3.29. The van der Waals surface area contributed by atoms with Crippen LogP contribution in [0.3, 0.4) is 0 Å². The predicted octanol–water partition coefficient (Wildman–Crippen LogP) is 3.18. The van der Waals surface area contributed by atoms with Gasteiger partial charge in [-0.2, -0.15) is 0 Å². The topological polar surface area (TPSA) is 34.2 Å². The quantitative estimate of drug-likeness (QED) is 0.888. The smallest absolute Gasteiger partial charge is 0.137 e. The van der Waals surface area contributed by atoms with Gasteiger partial charge in [0.15, 0.2) is 0 Å². The molecule has 1 aliphatic rings. The molecule has 18 heavy (non-hydrogen) atoms. The Balaban J connectivity index is 2.27. The van der Waals surface area contributed by atoms with Crippen molar-refractivity contribution in [2.75, 3.05) is 14.2 Å². The predicted molar refractivity (Wildman–Crippen MR) is 73.7 cm³/mol. The van der Waals surface area contributed by atoms with Crippen LogP contribution < -0.4 is 10.1 Å². The zero-order valence-corrected chi connectivity index (χ0v) is 11.9. The van der Waals surface area contributed by atoms with Crippen LogP contribution in [-0.2, 0) is 0 Å². The average Bonchev–Trinajstić information content (AvgIpc) is 2.71. The van der Waals surface area contributed by atoms with Gasteiger partial charge in [-0.15, -0.1) is 0 Å². The molecule has 0 radical (unpaired) electrons. The molecular weight excluding hydrogens is 224 g/mol. The first-order valence-electron chi connectivity index (χ1n) is 6.74. The van der Waals surface area contributed by atoms with Gasteiger partial charge in [-0.3, -0.25) is 4.98 Å². The molecule has 0 aliphatic heterocycles. The monoisotopic (exact) mass is 248 g/mol. The Labute approximate surface area is 110 Å². The minimum atomic E-state index is 0.366. The molecule has 2 rings (SSSR count). The Morgan fingerprint density at radius 2 is 2.22 bits per heavy atom. The Hall–Kier alpha value is -1.09. The summed E-state index contributed by atoms with van der Waals surface area (Å²) in [6.07, 6.45) is 7.64. The van der Waals surface area contributed by atoms with Crippen molar-refractivity contribution in [2.24, 2.45) is 11.3 Å². The maximum absolute atomic E-state index is 5.27. The Kier molecular flexibility index (Phi) is 3.91. The van der Waals surface area contributed by atoms with E-state index in [4.69, 9.17) is 4.74 Å². The van der Waals surface area contributed by atoms with Crippen LogP contribution in [0.4, 0.5) is 0 Å². The molecule has 3 heteroatoms. The lowest BCUT2D eigenvalue weighted by atomic mass is 9.76. The van der Waals surface area contributed by atoms with Crippen LogP contribution in [0, 0.1) is 11.3 Å². The molecule has 1 aromatic heterocycles. The highest BCUT2D eigenvalue weighted by atomic mass is 16.5. The zero-order chi connectivity index (χ0) is 13.2. The van der Waals surface area contributed by atoms with Gasteiger partial charge in [0.1, 0.15) is 5.75 Å². The second kappa shape index (κ2) is 5.27. The summed E-state index contributed by atoms with van der Waals surface area (Å²) in [5, 5.41) is 3.47. The first-order chi connectivity index (χ1) is 8.58. The van der Waals surface area contributed by atoms with Gasteiger partial charge in [-0.05, 0) is 42.9 Å².